The number of rotatable bonds is 0. The maximum Gasteiger partial charge on any atom is 0.137 e. The van der Waals surface area contributed by atoms with Crippen LogP contribution < -0.4 is 0 Å². The molecule has 3 atom stereocenters. The van der Waals surface area contributed by atoms with Crippen molar-refractivity contribution in [1.82, 2.24) is 4.90 Å². The molecule has 0 spiro atoms. The molecule has 2 nitrogen and oxygen atoms in total. The highest BCUT2D eigenvalue weighted by Gasteiger charge is 2.44. The summed E-state index contributed by atoms with van der Waals surface area (Å²) in [6.45, 7) is 0.975. The molecule has 0 aromatic rings. The highest BCUT2D eigenvalue weighted by molar-refractivity contribution is 6.20. The van der Waals surface area contributed by atoms with Gasteiger partial charge in [-0.25, -0.2) is 0 Å². The molecule has 2 fully saturated rings. The smallest absolute Gasteiger partial charge is 0.137 e. The Labute approximate surface area is 66.1 Å². The lowest BCUT2D eigenvalue weighted by Crippen LogP contribution is -2.27. The third-order valence-electron chi connectivity index (χ3n) is 2.24. The zero-order chi connectivity index (χ0) is 7.14. The summed E-state index contributed by atoms with van der Waals surface area (Å²) in [6, 6.07) is 0. The maximum absolute atomic E-state index is 6.00. The minimum absolute atomic E-state index is 0.335. The Bertz CT molecular complexity index is 140. The molecule has 0 radical (unpaired) electrons. The van der Waals surface area contributed by atoms with E-state index < -0.39 is 0 Å². The van der Waals surface area contributed by atoms with Crippen LogP contribution in [-0.4, -0.2) is 36.2 Å². The van der Waals surface area contributed by atoms with Gasteiger partial charge in [-0.15, -0.1) is 11.6 Å². The lowest BCUT2D eigenvalue weighted by Gasteiger charge is -2.14. The summed E-state index contributed by atoms with van der Waals surface area (Å²) in [7, 11) is 2.07. The molecule has 3 unspecified atom stereocenters. The van der Waals surface area contributed by atoms with Crippen LogP contribution in [0, 0.1) is 0 Å². The molecule has 2 aliphatic rings. The van der Waals surface area contributed by atoms with Gasteiger partial charge >= 0.3 is 0 Å². The molecular formula is C7H12ClNO. The Morgan fingerprint density at radius 2 is 2.30 bits per heavy atom. The number of ether oxygens (including phenoxy) is 1. The summed E-state index contributed by atoms with van der Waals surface area (Å²) in [4.78, 5) is 2.20. The third-order valence-corrected chi connectivity index (χ3v) is 2.60. The van der Waals surface area contributed by atoms with E-state index in [2.05, 4.69) is 11.9 Å². The van der Waals surface area contributed by atoms with Gasteiger partial charge in [-0.2, -0.15) is 0 Å². The first kappa shape index (κ1) is 6.89. The minimum atomic E-state index is 0.335. The Kier molecular flexibility index (Phi) is 1.63. The van der Waals surface area contributed by atoms with E-state index in [0.717, 1.165) is 19.4 Å². The molecule has 10 heavy (non-hydrogen) atoms. The van der Waals surface area contributed by atoms with E-state index in [9.17, 15) is 0 Å². The van der Waals surface area contributed by atoms with Crippen molar-refractivity contribution in [1.29, 1.82) is 0 Å². The second-order valence-corrected chi connectivity index (χ2v) is 3.80. The fraction of sp³-hybridized carbons (Fsp3) is 1.00. The first-order valence-corrected chi connectivity index (χ1v) is 4.21. The summed E-state index contributed by atoms with van der Waals surface area (Å²) in [5.41, 5.74) is 0. The molecule has 0 amide bonds. The Balaban J connectivity index is 1.97. The van der Waals surface area contributed by atoms with Crippen LogP contribution in [0.2, 0.25) is 0 Å². The minimum Gasteiger partial charge on any atom is -0.353 e. The van der Waals surface area contributed by atoms with Gasteiger partial charge in [0.05, 0.1) is 6.10 Å². The second-order valence-electron chi connectivity index (χ2n) is 3.18. The fourth-order valence-electron chi connectivity index (χ4n) is 1.58. The van der Waals surface area contributed by atoms with Crippen molar-refractivity contribution in [2.75, 3.05) is 13.6 Å². The van der Waals surface area contributed by atoms with Crippen molar-refractivity contribution in [3.63, 3.8) is 0 Å². The molecule has 2 aliphatic heterocycles. The fourth-order valence-corrected chi connectivity index (χ4v) is 1.93. The highest BCUT2D eigenvalue weighted by Crippen LogP contribution is 2.33. The van der Waals surface area contributed by atoms with Gasteiger partial charge in [0, 0.05) is 11.9 Å². The standard InChI is InChI=1S/C7H12ClNO/c1-9-4-5(8)2-3-6-7(9)10-6/h5-7H,2-4H2,1H3. The van der Waals surface area contributed by atoms with Gasteiger partial charge in [0.25, 0.3) is 0 Å². The van der Waals surface area contributed by atoms with E-state index in [4.69, 9.17) is 16.3 Å². The van der Waals surface area contributed by atoms with Crippen molar-refractivity contribution in [2.45, 2.75) is 30.6 Å². The number of alkyl halides is 1. The van der Waals surface area contributed by atoms with Crippen molar-refractivity contribution < 1.29 is 4.74 Å². The lowest BCUT2D eigenvalue weighted by molar-refractivity contribution is 0.202. The number of nitrogens with zero attached hydrogens (tertiary/aromatic N) is 1. The molecule has 0 saturated carbocycles. The van der Waals surface area contributed by atoms with Gasteiger partial charge in [-0.3, -0.25) is 4.90 Å². The van der Waals surface area contributed by atoms with Gasteiger partial charge in [-0.05, 0) is 19.9 Å². The topological polar surface area (TPSA) is 15.8 Å². The third kappa shape index (κ3) is 1.16. The van der Waals surface area contributed by atoms with Gasteiger partial charge in [0.1, 0.15) is 6.23 Å². The molecular weight excluding hydrogens is 150 g/mol. The summed E-state index contributed by atoms with van der Waals surface area (Å²) < 4.78 is 5.39. The average Bonchev–Trinajstić information content (AvgIpc) is 2.59. The Hall–Kier alpha value is 0.210. The van der Waals surface area contributed by atoms with Crippen LogP contribution >= 0.6 is 11.6 Å². The monoisotopic (exact) mass is 161 g/mol. The van der Waals surface area contributed by atoms with Crippen LogP contribution in [0.15, 0.2) is 0 Å². The average molecular weight is 162 g/mol. The quantitative estimate of drug-likeness (QED) is 0.390. The summed E-state index contributed by atoms with van der Waals surface area (Å²) in [5.74, 6) is 0. The van der Waals surface area contributed by atoms with Gasteiger partial charge in [-0.1, -0.05) is 0 Å². The van der Waals surface area contributed by atoms with Crippen molar-refractivity contribution in [3.8, 4) is 0 Å². The normalized spacial score (nSPS) is 48.0. The summed E-state index contributed by atoms with van der Waals surface area (Å²) in [6.07, 6.45) is 3.13. The SMILES string of the molecule is CN1CC(Cl)CCC2OC21. The van der Waals surface area contributed by atoms with Crippen LogP contribution in [0.3, 0.4) is 0 Å². The van der Waals surface area contributed by atoms with Gasteiger partial charge in [0.15, 0.2) is 0 Å². The Morgan fingerprint density at radius 3 is 3.10 bits per heavy atom. The van der Waals surface area contributed by atoms with E-state index in [-0.39, 0.29) is 0 Å². The van der Waals surface area contributed by atoms with E-state index in [1.807, 2.05) is 0 Å². The molecule has 0 aliphatic carbocycles. The van der Waals surface area contributed by atoms with Gasteiger partial charge < -0.3 is 4.74 Å². The van der Waals surface area contributed by atoms with Crippen molar-refractivity contribution in [3.05, 3.63) is 0 Å². The molecule has 2 heterocycles. The van der Waals surface area contributed by atoms with Crippen LogP contribution in [0.1, 0.15) is 12.8 Å². The molecule has 0 aromatic carbocycles. The van der Waals surface area contributed by atoms with Crippen molar-refractivity contribution >= 4 is 11.6 Å². The highest BCUT2D eigenvalue weighted by atomic mass is 35.5. The Morgan fingerprint density at radius 1 is 1.50 bits per heavy atom. The zero-order valence-corrected chi connectivity index (χ0v) is 6.84. The van der Waals surface area contributed by atoms with E-state index in [1.54, 1.807) is 0 Å². The molecule has 0 aromatic heterocycles. The summed E-state index contributed by atoms with van der Waals surface area (Å²) >= 11 is 6.00. The number of hydrogen-bond acceptors (Lipinski definition) is 2. The summed E-state index contributed by atoms with van der Waals surface area (Å²) in [5, 5.41) is 0.335. The number of likely N-dealkylation sites (tertiary alicyclic amines) is 1. The van der Waals surface area contributed by atoms with Gasteiger partial charge in [0.2, 0.25) is 0 Å². The molecule has 2 rings (SSSR count). The molecule has 0 N–H and O–H groups in total. The largest absolute Gasteiger partial charge is 0.353 e. The first-order valence-electron chi connectivity index (χ1n) is 3.77. The van der Waals surface area contributed by atoms with Crippen LogP contribution in [-0.2, 0) is 4.74 Å². The number of likely N-dealkylation sites (N-methyl/N-ethyl adjacent to an activating group) is 1. The van der Waals surface area contributed by atoms with E-state index >= 15 is 0 Å². The molecule has 58 valence electrons. The maximum atomic E-state index is 6.00. The molecule has 2 saturated heterocycles. The van der Waals surface area contributed by atoms with Crippen molar-refractivity contribution in [2.24, 2.45) is 0 Å². The molecule has 0 bridgehead atoms. The van der Waals surface area contributed by atoms with E-state index in [0.29, 0.717) is 17.7 Å². The predicted octanol–water partition coefficient (Wildman–Crippen LogP) is 1.04. The lowest BCUT2D eigenvalue weighted by atomic mass is 10.2. The number of halogens is 1. The van der Waals surface area contributed by atoms with Crippen LogP contribution in [0.5, 0.6) is 0 Å². The van der Waals surface area contributed by atoms with Crippen LogP contribution in [0.25, 0.3) is 0 Å². The predicted molar refractivity (Wildman–Crippen MR) is 40.2 cm³/mol. The number of fused-ring (bicyclic) bond motifs is 1. The zero-order valence-electron chi connectivity index (χ0n) is 6.09. The first-order chi connectivity index (χ1) is 4.77. The number of hydrogen-bond donors (Lipinski definition) is 0. The molecule has 3 heteroatoms. The van der Waals surface area contributed by atoms with Crippen LogP contribution in [0.4, 0.5) is 0 Å². The van der Waals surface area contributed by atoms with E-state index in [1.165, 1.54) is 0 Å². The number of epoxide rings is 1. The second kappa shape index (κ2) is 2.36.